The molecular formula is C20H19N5O5. The number of nitro groups is 1. The Balaban J connectivity index is 1.70. The summed E-state index contributed by atoms with van der Waals surface area (Å²) in [5.74, 6) is -0.654. The van der Waals surface area contributed by atoms with Crippen LogP contribution < -0.4 is 15.8 Å². The number of anilines is 1. The zero-order valence-electron chi connectivity index (χ0n) is 16.3. The van der Waals surface area contributed by atoms with Crippen LogP contribution in [-0.2, 0) is 13.7 Å². The van der Waals surface area contributed by atoms with E-state index in [1.807, 2.05) is 0 Å². The van der Waals surface area contributed by atoms with Crippen molar-refractivity contribution in [3.05, 3.63) is 81.2 Å². The molecule has 3 rings (SSSR count). The Labute approximate surface area is 171 Å². The van der Waals surface area contributed by atoms with Crippen molar-refractivity contribution in [3.63, 3.8) is 0 Å². The van der Waals surface area contributed by atoms with Crippen LogP contribution in [0.3, 0.4) is 0 Å². The van der Waals surface area contributed by atoms with E-state index in [1.165, 1.54) is 23.0 Å². The Kier molecular flexibility index (Phi) is 5.77. The average molecular weight is 409 g/mol. The number of carbonyl (C=O) groups excluding carboxylic acids is 2. The highest BCUT2D eigenvalue weighted by molar-refractivity contribution is 6.08. The summed E-state index contributed by atoms with van der Waals surface area (Å²) in [7, 11) is 1.55. The molecule has 0 radical (unpaired) electrons. The van der Waals surface area contributed by atoms with Crippen LogP contribution in [0.4, 0.5) is 11.4 Å². The fourth-order valence-electron chi connectivity index (χ4n) is 2.91. The van der Waals surface area contributed by atoms with Crippen LogP contribution >= 0.6 is 0 Å². The molecule has 30 heavy (non-hydrogen) atoms. The highest BCUT2D eigenvalue weighted by Gasteiger charge is 2.17. The predicted octanol–water partition coefficient (Wildman–Crippen LogP) is 2.57. The number of hydrogen-bond acceptors (Lipinski definition) is 6. The molecule has 0 fully saturated rings. The Morgan fingerprint density at radius 1 is 1.27 bits per heavy atom. The first kappa shape index (κ1) is 20.5. The van der Waals surface area contributed by atoms with Gasteiger partial charge in [-0.3, -0.25) is 24.4 Å². The third kappa shape index (κ3) is 4.43. The van der Waals surface area contributed by atoms with Gasteiger partial charge in [0.05, 0.1) is 16.8 Å². The van der Waals surface area contributed by atoms with Crippen molar-refractivity contribution in [1.82, 2.24) is 9.78 Å². The summed E-state index contributed by atoms with van der Waals surface area (Å²) in [6, 6.07) is 11.3. The minimum atomic E-state index is -0.703. The van der Waals surface area contributed by atoms with Crippen LogP contribution in [0.5, 0.6) is 5.75 Å². The summed E-state index contributed by atoms with van der Waals surface area (Å²) >= 11 is 0. The van der Waals surface area contributed by atoms with Crippen LogP contribution in [0.1, 0.15) is 32.0 Å². The molecule has 3 N–H and O–H groups in total. The van der Waals surface area contributed by atoms with E-state index in [0.717, 1.165) is 5.56 Å². The van der Waals surface area contributed by atoms with E-state index in [1.54, 1.807) is 44.3 Å². The molecule has 0 bridgehead atoms. The lowest BCUT2D eigenvalue weighted by molar-refractivity contribution is -0.385. The van der Waals surface area contributed by atoms with E-state index in [0.29, 0.717) is 16.9 Å². The summed E-state index contributed by atoms with van der Waals surface area (Å²) in [6.07, 6.45) is 1.35. The van der Waals surface area contributed by atoms with E-state index in [4.69, 9.17) is 10.5 Å². The standard InChI is InChI=1S/C20H19N5O5/c1-12-8-15(6-7-17(12)25(28)29)30-11-13-4-3-5-14(9-13)20(27)23-16-10-22-24(2)18(16)19(21)26/h3-10H,11H2,1-2H3,(H2,21,26)(H,23,27). The summed E-state index contributed by atoms with van der Waals surface area (Å²) in [5.41, 5.74) is 7.23. The SMILES string of the molecule is Cc1cc(OCc2cccc(C(=O)Nc3cnn(C)c3C(N)=O)c2)ccc1[N+](=O)[O-]. The van der Waals surface area contributed by atoms with E-state index < -0.39 is 16.7 Å². The van der Waals surface area contributed by atoms with Crippen molar-refractivity contribution in [2.75, 3.05) is 5.32 Å². The number of primary amides is 1. The lowest BCUT2D eigenvalue weighted by Gasteiger charge is -2.09. The number of benzene rings is 2. The Morgan fingerprint density at radius 3 is 2.70 bits per heavy atom. The van der Waals surface area contributed by atoms with E-state index in [-0.39, 0.29) is 23.7 Å². The van der Waals surface area contributed by atoms with Gasteiger partial charge in [-0.2, -0.15) is 5.10 Å². The van der Waals surface area contributed by atoms with Gasteiger partial charge in [-0.15, -0.1) is 0 Å². The number of aryl methyl sites for hydroxylation is 2. The average Bonchev–Trinajstić information content (AvgIpc) is 3.06. The minimum Gasteiger partial charge on any atom is -0.489 e. The van der Waals surface area contributed by atoms with Crippen molar-refractivity contribution < 1.29 is 19.2 Å². The van der Waals surface area contributed by atoms with E-state index in [9.17, 15) is 19.7 Å². The zero-order valence-corrected chi connectivity index (χ0v) is 16.3. The van der Waals surface area contributed by atoms with Crippen LogP contribution in [0.2, 0.25) is 0 Å². The van der Waals surface area contributed by atoms with E-state index in [2.05, 4.69) is 10.4 Å². The number of nitrogens with zero attached hydrogens (tertiary/aromatic N) is 3. The number of carbonyl (C=O) groups is 2. The van der Waals surface area contributed by atoms with Crippen LogP contribution in [-0.4, -0.2) is 26.5 Å². The molecule has 154 valence electrons. The van der Waals surface area contributed by atoms with Gasteiger partial charge in [0.25, 0.3) is 17.5 Å². The predicted molar refractivity (Wildman–Crippen MR) is 108 cm³/mol. The lowest BCUT2D eigenvalue weighted by Crippen LogP contribution is -2.20. The highest BCUT2D eigenvalue weighted by atomic mass is 16.6. The molecule has 0 saturated carbocycles. The van der Waals surface area contributed by atoms with Gasteiger partial charge < -0.3 is 15.8 Å². The molecule has 1 aromatic heterocycles. The second kappa shape index (κ2) is 8.43. The summed E-state index contributed by atoms with van der Waals surface area (Å²) < 4.78 is 6.97. The third-order valence-corrected chi connectivity index (χ3v) is 4.38. The monoisotopic (exact) mass is 409 g/mol. The third-order valence-electron chi connectivity index (χ3n) is 4.38. The summed E-state index contributed by atoms with van der Waals surface area (Å²) in [6.45, 7) is 1.80. The van der Waals surface area contributed by atoms with Crippen LogP contribution in [0.15, 0.2) is 48.7 Å². The maximum Gasteiger partial charge on any atom is 0.272 e. The Morgan fingerprint density at radius 2 is 2.03 bits per heavy atom. The molecule has 0 unspecified atom stereocenters. The number of ether oxygens (including phenoxy) is 1. The maximum absolute atomic E-state index is 12.6. The molecule has 10 nitrogen and oxygen atoms in total. The van der Waals surface area contributed by atoms with Crippen molar-refractivity contribution in [3.8, 4) is 5.75 Å². The largest absolute Gasteiger partial charge is 0.489 e. The summed E-state index contributed by atoms with van der Waals surface area (Å²) in [4.78, 5) is 34.5. The Hall–Kier alpha value is -4.21. The van der Waals surface area contributed by atoms with Crippen molar-refractivity contribution in [2.45, 2.75) is 13.5 Å². The zero-order chi connectivity index (χ0) is 21.8. The van der Waals surface area contributed by atoms with Gasteiger partial charge in [-0.25, -0.2) is 0 Å². The molecule has 2 aromatic carbocycles. The van der Waals surface area contributed by atoms with Crippen LogP contribution in [0, 0.1) is 17.0 Å². The van der Waals surface area contributed by atoms with Crippen molar-refractivity contribution in [2.24, 2.45) is 12.8 Å². The molecule has 0 aliphatic heterocycles. The van der Waals surface area contributed by atoms with Gasteiger partial charge in [0.15, 0.2) is 0 Å². The van der Waals surface area contributed by atoms with Gasteiger partial charge in [-0.05, 0) is 36.8 Å². The summed E-state index contributed by atoms with van der Waals surface area (Å²) in [5, 5.41) is 17.5. The first-order valence-electron chi connectivity index (χ1n) is 8.86. The smallest absolute Gasteiger partial charge is 0.272 e. The van der Waals surface area contributed by atoms with Gasteiger partial charge >= 0.3 is 0 Å². The van der Waals surface area contributed by atoms with Crippen molar-refractivity contribution >= 4 is 23.2 Å². The lowest BCUT2D eigenvalue weighted by atomic mass is 10.1. The number of rotatable bonds is 7. The molecule has 1 heterocycles. The molecule has 2 amide bonds. The number of aromatic nitrogens is 2. The minimum absolute atomic E-state index is 0.0201. The second-order valence-corrected chi connectivity index (χ2v) is 6.54. The topological polar surface area (TPSA) is 142 Å². The normalized spacial score (nSPS) is 10.5. The molecule has 10 heteroatoms. The fraction of sp³-hybridized carbons (Fsp3) is 0.150. The fourth-order valence-corrected chi connectivity index (χ4v) is 2.91. The molecular weight excluding hydrogens is 390 g/mol. The molecule has 0 saturated heterocycles. The molecule has 3 aromatic rings. The Bertz CT molecular complexity index is 1140. The van der Waals surface area contributed by atoms with Crippen molar-refractivity contribution in [1.29, 1.82) is 0 Å². The number of nitro benzene ring substituents is 1. The molecule has 0 atom stereocenters. The quantitative estimate of drug-likeness (QED) is 0.453. The molecule has 0 aliphatic carbocycles. The van der Waals surface area contributed by atoms with Crippen LogP contribution in [0.25, 0.3) is 0 Å². The van der Waals surface area contributed by atoms with Gasteiger partial charge in [0.1, 0.15) is 18.1 Å². The number of hydrogen-bond donors (Lipinski definition) is 2. The maximum atomic E-state index is 12.6. The number of nitrogens with one attached hydrogen (secondary N) is 1. The first-order valence-corrected chi connectivity index (χ1v) is 8.86. The number of amides is 2. The first-order chi connectivity index (χ1) is 14.3. The van der Waals surface area contributed by atoms with Gasteiger partial charge in [0, 0.05) is 24.2 Å². The molecule has 0 aliphatic rings. The highest BCUT2D eigenvalue weighted by Crippen LogP contribution is 2.24. The van der Waals surface area contributed by atoms with Gasteiger partial charge in [-0.1, -0.05) is 12.1 Å². The second-order valence-electron chi connectivity index (χ2n) is 6.54. The van der Waals surface area contributed by atoms with E-state index >= 15 is 0 Å². The molecule has 0 spiro atoms. The number of nitrogens with two attached hydrogens (primary N) is 1. The van der Waals surface area contributed by atoms with Gasteiger partial charge in [0.2, 0.25) is 0 Å².